The summed E-state index contributed by atoms with van der Waals surface area (Å²) in [6, 6.07) is 12.2. The first-order valence-electron chi connectivity index (χ1n) is 7.12. The number of pyridine rings is 2. The first-order chi connectivity index (χ1) is 10.8. The molecule has 0 unspecified atom stereocenters. The van der Waals surface area contributed by atoms with E-state index < -0.39 is 0 Å². The Kier molecular flexibility index (Phi) is 2.93. The Morgan fingerprint density at radius 3 is 2.59 bits per heavy atom. The molecule has 22 heavy (non-hydrogen) atoms. The maximum atomic E-state index is 4.62. The third kappa shape index (κ3) is 1.97. The molecule has 1 aromatic carbocycles. The summed E-state index contributed by atoms with van der Waals surface area (Å²) in [5.74, 6) is 0. The summed E-state index contributed by atoms with van der Waals surface area (Å²) >= 11 is 0. The molecule has 0 saturated heterocycles. The number of fused-ring (bicyclic) bond motifs is 1. The summed E-state index contributed by atoms with van der Waals surface area (Å²) in [7, 11) is 0. The van der Waals surface area contributed by atoms with E-state index in [1.807, 2.05) is 43.1 Å². The Morgan fingerprint density at radius 2 is 1.77 bits per heavy atom. The maximum absolute atomic E-state index is 4.62. The third-order valence-electron chi connectivity index (χ3n) is 3.83. The molecule has 0 fully saturated rings. The van der Waals surface area contributed by atoms with Gasteiger partial charge in [-0.1, -0.05) is 12.1 Å². The van der Waals surface area contributed by atoms with E-state index in [9.17, 15) is 0 Å². The Labute approximate surface area is 128 Å². The van der Waals surface area contributed by atoms with E-state index in [1.165, 1.54) is 5.56 Å². The van der Waals surface area contributed by atoms with Gasteiger partial charge in [0.15, 0.2) is 0 Å². The van der Waals surface area contributed by atoms with E-state index in [0.717, 1.165) is 27.8 Å². The summed E-state index contributed by atoms with van der Waals surface area (Å²) in [5.41, 5.74) is 6.45. The summed E-state index contributed by atoms with van der Waals surface area (Å²) in [6.45, 7) is 2.09. The zero-order valence-corrected chi connectivity index (χ0v) is 12.1. The van der Waals surface area contributed by atoms with Crippen molar-refractivity contribution in [2.24, 2.45) is 0 Å². The molecule has 0 radical (unpaired) electrons. The van der Waals surface area contributed by atoms with E-state index in [4.69, 9.17) is 0 Å². The van der Waals surface area contributed by atoms with Crippen molar-refractivity contribution in [3.8, 4) is 16.8 Å². The van der Waals surface area contributed by atoms with Gasteiger partial charge in [-0.3, -0.25) is 14.5 Å². The minimum Gasteiger partial charge on any atom is -0.297 e. The van der Waals surface area contributed by atoms with Crippen LogP contribution in [0.2, 0.25) is 0 Å². The van der Waals surface area contributed by atoms with Gasteiger partial charge >= 0.3 is 0 Å². The number of rotatable bonds is 2. The van der Waals surface area contributed by atoms with Gasteiger partial charge < -0.3 is 0 Å². The monoisotopic (exact) mass is 286 g/mol. The standard InChI is InChI=1S/C18H14N4/c1-13-7-9-20-11-16(13)15-5-2-6-17-18(15)21-12-22(17)14-4-3-8-19-10-14/h2-12H,1H3. The molecule has 0 saturated carbocycles. The third-order valence-corrected chi connectivity index (χ3v) is 3.83. The number of nitrogens with zero attached hydrogens (tertiary/aromatic N) is 4. The molecular formula is C18H14N4. The topological polar surface area (TPSA) is 43.6 Å². The quantitative estimate of drug-likeness (QED) is 0.563. The van der Waals surface area contributed by atoms with Crippen molar-refractivity contribution in [1.29, 1.82) is 0 Å². The summed E-state index contributed by atoms with van der Waals surface area (Å²) < 4.78 is 2.05. The Balaban J connectivity index is 1.97. The molecule has 0 bridgehead atoms. The molecule has 4 rings (SSSR count). The van der Waals surface area contributed by atoms with E-state index in [1.54, 1.807) is 6.20 Å². The molecule has 0 aliphatic carbocycles. The highest BCUT2D eigenvalue weighted by Crippen LogP contribution is 2.30. The minimum absolute atomic E-state index is 0.974. The van der Waals surface area contributed by atoms with Gasteiger partial charge in [0.2, 0.25) is 0 Å². The van der Waals surface area contributed by atoms with Crippen molar-refractivity contribution in [3.63, 3.8) is 0 Å². The van der Waals surface area contributed by atoms with Gasteiger partial charge in [-0.15, -0.1) is 0 Å². The summed E-state index contributed by atoms with van der Waals surface area (Å²) in [6.07, 6.45) is 9.16. The second kappa shape index (κ2) is 5.07. The summed E-state index contributed by atoms with van der Waals surface area (Å²) in [5, 5.41) is 0. The van der Waals surface area contributed by atoms with E-state index in [0.29, 0.717) is 0 Å². The van der Waals surface area contributed by atoms with Crippen LogP contribution in [0.4, 0.5) is 0 Å². The Morgan fingerprint density at radius 1 is 0.864 bits per heavy atom. The molecule has 106 valence electrons. The lowest BCUT2D eigenvalue weighted by Gasteiger charge is -2.07. The normalized spacial score (nSPS) is 11.0. The highest BCUT2D eigenvalue weighted by molar-refractivity contribution is 5.93. The number of aromatic nitrogens is 4. The van der Waals surface area contributed by atoms with E-state index in [-0.39, 0.29) is 0 Å². The van der Waals surface area contributed by atoms with E-state index in [2.05, 4.69) is 44.6 Å². The van der Waals surface area contributed by atoms with Crippen LogP contribution >= 0.6 is 0 Å². The number of hydrogen-bond donors (Lipinski definition) is 0. The van der Waals surface area contributed by atoms with Crippen LogP contribution in [0.5, 0.6) is 0 Å². The van der Waals surface area contributed by atoms with Gasteiger partial charge in [0, 0.05) is 29.7 Å². The number of para-hydroxylation sites is 1. The van der Waals surface area contributed by atoms with Crippen LogP contribution in [-0.4, -0.2) is 19.5 Å². The second-order valence-electron chi connectivity index (χ2n) is 5.19. The van der Waals surface area contributed by atoms with Crippen LogP contribution in [0, 0.1) is 6.92 Å². The van der Waals surface area contributed by atoms with Gasteiger partial charge in [-0.05, 0) is 36.8 Å². The van der Waals surface area contributed by atoms with Crippen LogP contribution in [0.1, 0.15) is 5.56 Å². The van der Waals surface area contributed by atoms with Crippen molar-refractivity contribution in [1.82, 2.24) is 19.5 Å². The zero-order chi connectivity index (χ0) is 14.9. The lowest BCUT2D eigenvalue weighted by Crippen LogP contribution is -1.92. The molecule has 3 heterocycles. The Hall–Kier alpha value is -3.01. The molecule has 4 nitrogen and oxygen atoms in total. The molecular weight excluding hydrogens is 272 g/mol. The maximum Gasteiger partial charge on any atom is 0.100 e. The predicted molar refractivity (Wildman–Crippen MR) is 86.8 cm³/mol. The average Bonchev–Trinajstić information content (AvgIpc) is 3.00. The van der Waals surface area contributed by atoms with Crippen LogP contribution in [0.15, 0.2) is 67.5 Å². The highest BCUT2D eigenvalue weighted by Gasteiger charge is 2.11. The second-order valence-corrected chi connectivity index (χ2v) is 5.19. The van der Waals surface area contributed by atoms with Gasteiger partial charge in [-0.25, -0.2) is 4.98 Å². The molecule has 0 atom stereocenters. The molecule has 0 N–H and O–H groups in total. The molecule has 4 aromatic rings. The molecule has 0 spiro atoms. The highest BCUT2D eigenvalue weighted by atomic mass is 15.1. The van der Waals surface area contributed by atoms with Gasteiger partial charge in [0.1, 0.15) is 6.33 Å². The number of hydrogen-bond acceptors (Lipinski definition) is 3. The minimum atomic E-state index is 0.974. The summed E-state index contributed by atoms with van der Waals surface area (Å²) in [4.78, 5) is 13.1. The van der Waals surface area contributed by atoms with Crippen molar-refractivity contribution in [2.45, 2.75) is 6.92 Å². The fraction of sp³-hybridized carbons (Fsp3) is 0.0556. The molecule has 0 aliphatic rings. The molecule has 3 aromatic heterocycles. The predicted octanol–water partition coefficient (Wildman–Crippen LogP) is 3.79. The van der Waals surface area contributed by atoms with Gasteiger partial charge in [0.25, 0.3) is 0 Å². The first-order valence-corrected chi connectivity index (χ1v) is 7.12. The average molecular weight is 286 g/mol. The van der Waals surface area contributed by atoms with Gasteiger partial charge in [0.05, 0.1) is 22.9 Å². The Bertz CT molecular complexity index is 942. The molecule has 0 amide bonds. The van der Waals surface area contributed by atoms with Crippen molar-refractivity contribution >= 4 is 11.0 Å². The largest absolute Gasteiger partial charge is 0.297 e. The van der Waals surface area contributed by atoms with E-state index >= 15 is 0 Å². The fourth-order valence-corrected chi connectivity index (χ4v) is 2.70. The molecule has 0 aliphatic heterocycles. The number of aryl methyl sites for hydroxylation is 1. The van der Waals surface area contributed by atoms with Crippen LogP contribution < -0.4 is 0 Å². The lowest BCUT2D eigenvalue weighted by atomic mass is 10.0. The van der Waals surface area contributed by atoms with Crippen molar-refractivity contribution in [2.75, 3.05) is 0 Å². The number of benzene rings is 1. The van der Waals surface area contributed by atoms with Crippen molar-refractivity contribution in [3.05, 3.63) is 73.1 Å². The molecule has 4 heteroatoms. The smallest absolute Gasteiger partial charge is 0.100 e. The fourth-order valence-electron chi connectivity index (χ4n) is 2.70. The lowest BCUT2D eigenvalue weighted by molar-refractivity contribution is 1.07. The van der Waals surface area contributed by atoms with Crippen LogP contribution in [-0.2, 0) is 0 Å². The zero-order valence-electron chi connectivity index (χ0n) is 12.1. The van der Waals surface area contributed by atoms with Crippen molar-refractivity contribution < 1.29 is 0 Å². The number of imidazole rings is 1. The van der Waals surface area contributed by atoms with Gasteiger partial charge in [-0.2, -0.15) is 0 Å². The SMILES string of the molecule is Cc1ccncc1-c1cccc2c1ncn2-c1cccnc1. The first kappa shape index (κ1) is 12.7. The van der Waals surface area contributed by atoms with Crippen LogP contribution in [0.25, 0.3) is 27.8 Å². The van der Waals surface area contributed by atoms with Crippen LogP contribution in [0.3, 0.4) is 0 Å².